The Bertz CT molecular complexity index is 194. The van der Waals surface area contributed by atoms with Crippen molar-refractivity contribution in [3.63, 3.8) is 0 Å². The van der Waals surface area contributed by atoms with E-state index < -0.39 is 0 Å². The van der Waals surface area contributed by atoms with Crippen LogP contribution in [0.25, 0.3) is 0 Å². The number of methoxy groups -OCH3 is 1. The first-order valence-corrected chi connectivity index (χ1v) is 4.77. The summed E-state index contributed by atoms with van der Waals surface area (Å²) in [5.41, 5.74) is 0. The highest BCUT2D eigenvalue weighted by Crippen LogP contribution is 2.28. The van der Waals surface area contributed by atoms with E-state index in [1.807, 2.05) is 0 Å². The van der Waals surface area contributed by atoms with Crippen LogP contribution in [-0.4, -0.2) is 25.3 Å². The van der Waals surface area contributed by atoms with Gasteiger partial charge in [-0.25, -0.2) is 0 Å². The Morgan fingerprint density at radius 2 is 2.08 bits per heavy atom. The molecule has 0 saturated heterocycles. The molecule has 1 fully saturated rings. The van der Waals surface area contributed by atoms with E-state index in [0.29, 0.717) is 13.0 Å². The third-order valence-corrected chi connectivity index (χ3v) is 2.52. The number of ketones is 2. The maximum Gasteiger partial charge on any atom is 0.143 e. The number of Topliss-reactive ketones (excluding diaryl/α,β-unsaturated/α-hetero) is 2. The van der Waals surface area contributed by atoms with E-state index in [1.54, 1.807) is 7.11 Å². The lowest BCUT2D eigenvalue weighted by atomic mass is 9.80. The van der Waals surface area contributed by atoms with Crippen LogP contribution >= 0.6 is 0 Å². The Labute approximate surface area is 78.5 Å². The quantitative estimate of drug-likeness (QED) is 0.585. The second-order valence-electron chi connectivity index (χ2n) is 3.55. The molecule has 0 atom stereocenters. The molecule has 1 aliphatic rings. The smallest absolute Gasteiger partial charge is 0.143 e. The van der Waals surface area contributed by atoms with E-state index in [-0.39, 0.29) is 23.9 Å². The minimum Gasteiger partial charge on any atom is -0.384 e. The van der Waals surface area contributed by atoms with Gasteiger partial charge in [-0.1, -0.05) is 6.42 Å². The van der Waals surface area contributed by atoms with E-state index in [2.05, 4.69) is 0 Å². The molecule has 0 radical (unpaired) electrons. The predicted octanol–water partition coefficient (Wildman–Crippen LogP) is 1.35. The minimum absolute atomic E-state index is 0.0127. The first-order chi connectivity index (χ1) is 6.24. The van der Waals surface area contributed by atoms with Crippen molar-refractivity contribution < 1.29 is 14.3 Å². The van der Waals surface area contributed by atoms with Crippen LogP contribution in [0.4, 0.5) is 0 Å². The van der Waals surface area contributed by atoms with Crippen molar-refractivity contribution in [2.75, 3.05) is 13.7 Å². The van der Waals surface area contributed by atoms with Crippen molar-refractivity contribution in [2.24, 2.45) is 5.92 Å². The second kappa shape index (κ2) is 5.12. The largest absolute Gasteiger partial charge is 0.384 e. The molecule has 0 aromatic carbocycles. The summed E-state index contributed by atoms with van der Waals surface area (Å²) in [6.07, 6.45) is 3.60. The molecule has 1 aliphatic carbocycles. The Morgan fingerprint density at radius 3 is 2.54 bits per heavy atom. The zero-order valence-corrected chi connectivity index (χ0v) is 8.04. The SMILES string of the molecule is COCCC(=O)CC(=O)C1CCC1. The summed E-state index contributed by atoms with van der Waals surface area (Å²) < 4.78 is 4.76. The van der Waals surface area contributed by atoms with Crippen LogP contribution in [0.1, 0.15) is 32.1 Å². The third kappa shape index (κ3) is 3.27. The van der Waals surface area contributed by atoms with Gasteiger partial charge < -0.3 is 4.74 Å². The zero-order chi connectivity index (χ0) is 9.68. The lowest BCUT2D eigenvalue weighted by Crippen LogP contribution is -2.24. The van der Waals surface area contributed by atoms with Crippen molar-refractivity contribution in [3.05, 3.63) is 0 Å². The van der Waals surface area contributed by atoms with Gasteiger partial charge in [-0.15, -0.1) is 0 Å². The maximum absolute atomic E-state index is 11.3. The van der Waals surface area contributed by atoms with Gasteiger partial charge >= 0.3 is 0 Å². The van der Waals surface area contributed by atoms with Crippen molar-refractivity contribution >= 4 is 11.6 Å². The molecule has 0 unspecified atom stereocenters. The molecule has 0 heterocycles. The fourth-order valence-electron chi connectivity index (χ4n) is 1.37. The summed E-state index contributed by atoms with van der Waals surface area (Å²) in [7, 11) is 1.56. The molecule has 74 valence electrons. The van der Waals surface area contributed by atoms with Crippen molar-refractivity contribution in [3.8, 4) is 0 Å². The number of carbonyl (C=O) groups is 2. The highest BCUT2D eigenvalue weighted by atomic mass is 16.5. The fourth-order valence-corrected chi connectivity index (χ4v) is 1.37. The predicted molar refractivity (Wildman–Crippen MR) is 48.5 cm³/mol. The number of ether oxygens (including phenoxy) is 1. The highest BCUT2D eigenvalue weighted by molar-refractivity contribution is 6.00. The molecule has 13 heavy (non-hydrogen) atoms. The van der Waals surface area contributed by atoms with Gasteiger partial charge in [0.15, 0.2) is 0 Å². The Kier molecular flexibility index (Phi) is 4.09. The summed E-state index contributed by atoms with van der Waals surface area (Å²) in [5, 5.41) is 0. The van der Waals surface area contributed by atoms with Crippen molar-refractivity contribution in [1.82, 2.24) is 0 Å². The summed E-state index contributed by atoms with van der Waals surface area (Å²) >= 11 is 0. The van der Waals surface area contributed by atoms with Crippen LogP contribution < -0.4 is 0 Å². The fraction of sp³-hybridized carbons (Fsp3) is 0.800. The Hall–Kier alpha value is -0.700. The van der Waals surface area contributed by atoms with E-state index in [9.17, 15) is 9.59 Å². The number of hydrogen-bond donors (Lipinski definition) is 0. The van der Waals surface area contributed by atoms with Crippen LogP contribution in [0.5, 0.6) is 0 Å². The van der Waals surface area contributed by atoms with E-state index >= 15 is 0 Å². The molecule has 0 aromatic heterocycles. The first kappa shape index (κ1) is 10.4. The third-order valence-electron chi connectivity index (χ3n) is 2.52. The monoisotopic (exact) mass is 184 g/mol. The summed E-state index contributed by atoms with van der Waals surface area (Å²) in [6, 6.07) is 0. The topological polar surface area (TPSA) is 43.4 Å². The van der Waals surface area contributed by atoms with Gasteiger partial charge in [0.25, 0.3) is 0 Å². The van der Waals surface area contributed by atoms with Crippen molar-refractivity contribution in [1.29, 1.82) is 0 Å². The van der Waals surface area contributed by atoms with Crippen LogP contribution in [-0.2, 0) is 14.3 Å². The normalized spacial score (nSPS) is 16.7. The Balaban J connectivity index is 2.15. The lowest BCUT2D eigenvalue weighted by molar-refractivity contribution is -0.131. The van der Waals surface area contributed by atoms with Crippen molar-refractivity contribution in [2.45, 2.75) is 32.1 Å². The summed E-state index contributed by atoms with van der Waals surface area (Å²) in [6.45, 7) is 0.427. The van der Waals surface area contributed by atoms with Gasteiger partial charge in [0.2, 0.25) is 0 Å². The van der Waals surface area contributed by atoms with E-state index in [4.69, 9.17) is 4.74 Å². The summed E-state index contributed by atoms with van der Waals surface area (Å²) in [5.74, 6) is 0.331. The second-order valence-corrected chi connectivity index (χ2v) is 3.55. The number of rotatable bonds is 6. The first-order valence-electron chi connectivity index (χ1n) is 4.77. The molecule has 3 heteroatoms. The maximum atomic E-state index is 11.3. The molecule has 0 aliphatic heterocycles. The standard InChI is InChI=1S/C10H16O3/c1-13-6-5-9(11)7-10(12)8-3-2-4-8/h8H,2-7H2,1H3. The van der Waals surface area contributed by atoms with Crippen LogP contribution in [0.2, 0.25) is 0 Å². The van der Waals surface area contributed by atoms with Gasteiger partial charge in [-0.3, -0.25) is 9.59 Å². The molecule has 1 saturated carbocycles. The minimum atomic E-state index is 0.0127. The molecule has 0 amide bonds. The van der Waals surface area contributed by atoms with Crippen LogP contribution in [0, 0.1) is 5.92 Å². The van der Waals surface area contributed by atoms with Gasteiger partial charge in [0.1, 0.15) is 11.6 Å². The Morgan fingerprint density at radius 1 is 1.38 bits per heavy atom. The molecule has 0 bridgehead atoms. The molecule has 3 nitrogen and oxygen atoms in total. The van der Waals surface area contributed by atoms with E-state index in [0.717, 1.165) is 19.3 Å². The molecule has 0 N–H and O–H groups in total. The molecule has 1 rings (SSSR count). The molecule has 0 aromatic rings. The van der Waals surface area contributed by atoms with Crippen LogP contribution in [0.15, 0.2) is 0 Å². The zero-order valence-electron chi connectivity index (χ0n) is 8.04. The van der Waals surface area contributed by atoms with Gasteiger partial charge in [-0.05, 0) is 12.8 Å². The van der Waals surface area contributed by atoms with Gasteiger partial charge in [0.05, 0.1) is 13.0 Å². The highest BCUT2D eigenvalue weighted by Gasteiger charge is 2.26. The van der Waals surface area contributed by atoms with E-state index in [1.165, 1.54) is 0 Å². The molecular weight excluding hydrogens is 168 g/mol. The van der Waals surface area contributed by atoms with Crippen LogP contribution in [0.3, 0.4) is 0 Å². The average Bonchev–Trinajstić information content (AvgIpc) is 1.97. The van der Waals surface area contributed by atoms with Gasteiger partial charge in [0, 0.05) is 19.4 Å². The summed E-state index contributed by atoms with van der Waals surface area (Å²) in [4.78, 5) is 22.5. The average molecular weight is 184 g/mol. The number of carbonyl (C=O) groups excluding carboxylic acids is 2. The van der Waals surface area contributed by atoms with Gasteiger partial charge in [-0.2, -0.15) is 0 Å². The lowest BCUT2D eigenvalue weighted by Gasteiger charge is -2.23. The molecule has 0 spiro atoms. The molecular formula is C10H16O3. The number of hydrogen-bond acceptors (Lipinski definition) is 3.